The molecule has 7 heteroatoms. The average molecular weight is 503 g/mol. The van der Waals surface area contributed by atoms with E-state index in [9.17, 15) is 9.59 Å². The number of aryl methyl sites for hydroxylation is 1. The molecule has 4 rings (SSSR count). The van der Waals surface area contributed by atoms with Gasteiger partial charge in [-0.15, -0.1) is 0 Å². The van der Waals surface area contributed by atoms with E-state index < -0.39 is 0 Å². The van der Waals surface area contributed by atoms with Crippen molar-refractivity contribution in [2.75, 3.05) is 11.9 Å². The molecule has 178 valence electrons. The molecule has 3 aromatic rings. The van der Waals surface area contributed by atoms with Crippen LogP contribution in [0.5, 0.6) is 5.75 Å². The number of nitrogens with one attached hydrogen (secondary N) is 1. The molecule has 0 aliphatic carbocycles. The Morgan fingerprint density at radius 2 is 1.83 bits per heavy atom. The number of thioether (sulfide) groups is 1. The minimum atomic E-state index is -0.130. The molecule has 0 radical (unpaired) electrons. The molecule has 5 nitrogen and oxygen atoms in total. The van der Waals surface area contributed by atoms with Gasteiger partial charge in [0, 0.05) is 18.7 Å². The van der Waals surface area contributed by atoms with Gasteiger partial charge < -0.3 is 10.1 Å². The summed E-state index contributed by atoms with van der Waals surface area (Å²) in [6.07, 6.45) is 2.67. The first-order valence-corrected chi connectivity index (χ1v) is 12.6. The maximum Gasteiger partial charge on any atom is 0.266 e. The van der Waals surface area contributed by atoms with Crippen molar-refractivity contribution in [3.05, 3.63) is 100 Å². The van der Waals surface area contributed by atoms with Crippen LogP contribution in [0.4, 0.5) is 5.69 Å². The molecule has 0 atom stereocenters. The number of carbonyl (C=O) groups excluding carboxylic acids is 2. The Balaban J connectivity index is 1.31. The van der Waals surface area contributed by atoms with E-state index in [-0.39, 0.29) is 11.8 Å². The lowest BCUT2D eigenvalue weighted by molar-refractivity contribution is -0.122. The lowest BCUT2D eigenvalue weighted by Gasteiger charge is -2.14. The normalized spacial score (nSPS) is 14.4. The summed E-state index contributed by atoms with van der Waals surface area (Å²) in [5.74, 6) is 0.528. The quantitative estimate of drug-likeness (QED) is 0.279. The molecule has 0 saturated carbocycles. The molecule has 1 fully saturated rings. The Hall–Kier alpha value is -3.42. The minimum absolute atomic E-state index is 0.0763. The molecule has 0 aromatic heterocycles. The van der Waals surface area contributed by atoms with E-state index in [1.807, 2.05) is 91.9 Å². The molecule has 1 aliphatic rings. The molecule has 1 aliphatic heterocycles. The van der Waals surface area contributed by atoms with Crippen LogP contribution in [0.1, 0.15) is 29.5 Å². The van der Waals surface area contributed by atoms with Crippen LogP contribution < -0.4 is 10.1 Å². The Kier molecular flexibility index (Phi) is 8.34. The number of anilines is 1. The molecule has 0 spiro atoms. The molecule has 1 heterocycles. The van der Waals surface area contributed by atoms with E-state index in [0.29, 0.717) is 35.2 Å². The molecular formula is C28H26N2O3S2. The van der Waals surface area contributed by atoms with Crippen molar-refractivity contribution < 1.29 is 14.3 Å². The first kappa shape index (κ1) is 24.7. The average Bonchev–Trinajstić information content (AvgIpc) is 3.12. The Labute approximate surface area is 215 Å². The molecule has 2 amide bonds. The van der Waals surface area contributed by atoms with Crippen LogP contribution in [0.25, 0.3) is 6.08 Å². The maximum absolute atomic E-state index is 12.9. The van der Waals surface area contributed by atoms with E-state index >= 15 is 0 Å². The highest BCUT2D eigenvalue weighted by Gasteiger charge is 2.31. The largest absolute Gasteiger partial charge is 0.489 e. The minimum Gasteiger partial charge on any atom is -0.489 e. The van der Waals surface area contributed by atoms with Crippen molar-refractivity contribution >= 4 is 51.9 Å². The number of thiocarbonyl (C=S) groups is 1. The molecular weight excluding hydrogens is 476 g/mol. The number of carbonyl (C=O) groups is 2. The maximum atomic E-state index is 12.9. The van der Waals surface area contributed by atoms with Gasteiger partial charge >= 0.3 is 0 Å². The molecule has 0 unspecified atom stereocenters. The van der Waals surface area contributed by atoms with Crippen LogP contribution in [-0.4, -0.2) is 27.6 Å². The number of amides is 2. The third-order valence-electron chi connectivity index (χ3n) is 5.48. The number of benzene rings is 3. The van der Waals surface area contributed by atoms with Crippen LogP contribution in [0.15, 0.2) is 83.8 Å². The number of hydrogen-bond donors (Lipinski definition) is 1. The van der Waals surface area contributed by atoms with E-state index in [2.05, 4.69) is 5.32 Å². The van der Waals surface area contributed by atoms with Crippen LogP contribution in [0.2, 0.25) is 0 Å². The predicted molar refractivity (Wildman–Crippen MR) is 146 cm³/mol. The predicted octanol–water partition coefficient (Wildman–Crippen LogP) is 6.19. The first-order valence-electron chi connectivity index (χ1n) is 11.4. The molecule has 35 heavy (non-hydrogen) atoms. The standard InChI is InChI=1S/C28H26N2O3S2/c1-20-9-5-6-14-24(20)29-26(31)15-8-16-30-27(32)25(35-28(30)34)18-22-12-7-13-23(17-22)33-19-21-10-3-2-4-11-21/h2-7,9-14,17-18H,8,15-16,19H2,1H3,(H,29,31)/b25-18-. The van der Waals surface area contributed by atoms with Gasteiger partial charge in [-0.1, -0.05) is 84.6 Å². The Morgan fingerprint density at radius 3 is 2.63 bits per heavy atom. The van der Waals surface area contributed by atoms with Gasteiger partial charge in [-0.2, -0.15) is 0 Å². The third-order valence-corrected chi connectivity index (χ3v) is 6.86. The first-order chi connectivity index (χ1) is 17.0. The fraction of sp³-hybridized carbons (Fsp3) is 0.179. The zero-order valence-electron chi connectivity index (χ0n) is 19.4. The Bertz CT molecular complexity index is 1260. The smallest absolute Gasteiger partial charge is 0.266 e. The summed E-state index contributed by atoms with van der Waals surface area (Å²) in [5, 5.41) is 2.92. The summed E-state index contributed by atoms with van der Waals surface area (Å²) in [7, 11) is 0. The highest BCUT2D eigenvalue weighted by atomic mass is 32.2. The van der Waals surface area contributed by atoms with Gasteiger partial charge in [0.2, 0.25) is 5.91 Å². The number of rotatable bonds is 9. The van der Waals surface area contributed by atoms with Gasteiger partial charge in [-0.25, -0.2) is 0 Å². The lowest BCUT2D eigenvalue weighted by Crippen LogP contribution is -2.29. The second-order valence-electron chi connectivity index (χ2n) is 8.15. The van der Waals surface area contributed by atoms with Crippen molar-refractivity contribution in [1.82, 2.24) is 4.90 Å². The SMILES string of the molecule is Cc1ccccc1NC(=O)CCCN1C(=O)/C(=C/c2cccc(OCc3ccccc3)c2)SC1=S. The molecule has 0 bridgehead atoms. The number of hydrogen-bond acceptors (Lipinski definition) is 5. The summed E-state index contributed by atoms with van der Waals surface area (Å²) in [5.41, 5.74) is 3.78. The monoisotopic (exact) mass is 502 g/mol. The van der Waals surface area contributed by atoms with Crippen LogP contribution in [0.3, 0.4) is 0 Å². The van der Waals surface area contributed by atoms with Gasteiger partial charge in [-0.05, 0) is 54.3 Å². The topological polar surface area (TPSA) is 58.6 Å². The summed E-state index contributed by atoms with van der Waals surface area (Å²) in [6.45, 7) is 2.83. The lowest BCUT2D eigenvalue weighted by atomic mass is 10.2. The second kappa shape index (κ2) is 11.8. The second-order valence-corrected chi connectivity index (χ2v) is 9.82. The van der Waals surface area contributed by atoms with Crippen LogP contribution in [0, 0.1) is 6.92 Å². The van der Waals surface area contributed by atoms with E-state index in [4.69, 9.17) is 17.0 Å². The summed E-state index contributed by atoms with van der Waals surface area (Å²) in [6, 6.07) is 25.2. The van der Waals surface area contributed by atoms with E-state index in [1.54, 1.807) is 4.90 Å². The van der Waals surface area contributed by atoms with Crippen molar-refractivity contribution in [2.45, 2.75) is 26.4 Å². The van der Waals surface area contributed by atoms with Crippen molar-refractivity contribution in [3.63, 3.8) is 0 Å². The summed E-state index contributed by atoms with van der Waals surface area (Å²) >= 11 is 6.72. The molecule has 3 aromatic carbocycles. The van der Waals surface area contributed by atoms with Gasteiger partial charge in [0.1, 0.15) is 16.7 Å². The van der Waals surface area contributed by atoms with Crippen molar-refractivity contribution in [3.8, 4) is 5.75 Å². The van der Waals surface area contributed by atoms with Crippen LogP contribution >= 0.6 is 24.0 Å². The van der Waals surface area contributed by atoms with Crippen molar-refractivity contribution in [1.29, 1.82) is 0 Å². The number of nitrogens with zero attached hydrogens (tertiary/aromatic N) is 1. The van der Waals surface area contributed by atoms with E-state index in [0.717, 1.165) is 28.1 Å². The van der Waals surface area contributed by atoms with Gasteiger partial charge in [-0.3, -0.25) is 14.5 Å². The van der Waals surface area contributed by atoms with Crippen LogP contribution in [-0.2, 0) is 16.2 Å². The highest BCUT2D eigenvalue weighted by molar-refractivity contribution is 8.26. The zero-order chi connectivity index (χ0) is 24.6. The highest BCUT2D eigenvalue weighted by Crippen LogP contribution is 2.33. The fourth-order valence-corrected chi connectivity index (χ4v) is 4.91. The molecule has 1 N–H and O–H groups in total. The fourth-order valence-electron chi connectivity index (χ4n) is 3.60. The summed E-state index contributed by atoms with van der Waals surface area (Å²) < 4.78 is 6.41. The number of para-hydroxylation sites is 1. The van der Waals surface area contributed by atoms with E-state index in [1.165, 1.54) is 11.8 Å². The molecule has 1 saturated heterocycles. The third kappa shape index (κ3) is 6.81. The number of ether oxygens (including phenoxy) is 1. The zero-order valence-corrected chi connectivity index (χ0v) is 21.0. The van der Waals surface area contributed by atoms with Gasteiger partial charge in [0.15, 0.2) is 0 Å². The summed E-state index contributed by atoms with van der Waals surface area (Å²) in [4.78, 5) is 27.4. The van der Waals surface area contributed by atoms with Crippen molar-refractivity contribution in [2.24, 2.45) is 0 Å². The van der Waals surface area contributed by atoms with Gasteiger partial charge in [0.25, 0.3) is 5.91 Å². The Morgan fingerprint density at radius 1 is 1.06 bits per heavy atom. The van der Waals surface area contributed by atoms with Gasteiger partial charge in [0.05, 0.1) is 4.91 Å².